The maximum Gasteiger partial charge on any atom is 0.222 e. The van der Waals surface area contributed by atoms with Gasteiger partial charge in [-0.15, -0.1) is 0 Å². The van der Waals surface area contributed by atoms with E-state index in [2.05, 4.69) is 41.0 Å². The molecule has 0 aliphatic heterocycles. The second kappa shape index (κ2) is 7.16. The summed E-state index contributed by atoms with van der Waals surface area (Å²) >= 11 is 0. The van der Waals surface area contributed by atoms with E-state index >= 15 is 0 Å². The summed E-state index contributed by atoms with van der Waals surface area (Å²) in [5.74, 6) is 1.90. The van der Waals surface area contributed by atoms with Crippen molar-refractivity contribution in [3.63, 3.8) is 0 Å². The SMILES string of the molecule is CCNc1ncnc(OCCN(C)C)c1C(C)C. The molecule has 102 valence electrons. The van der Waals surface area contributed by atoms with E-state index in [4.69, 9.17) is 4.74 Å². The molecule has 0 fully saturated rings. The lowest BCUT2D eigenvalue weighted by Crippen LogP contribution is -2.20. The van der Waals surface area contributed by atoms with Crippen molar-refractivity contribution in [2.75, 3.05) is 39.1 Å². The highest BCUT2D eigenvalue weighted by Gasteiger charge is 2.15. The Labute approximate surface area is 110 Å². The summed E-state index contributed by atoms with van der Waals surface area (Å²) in [6, 6.07) is 0. The zero-order valence-electron chi connectivity index (χ0n) is 12.0. The van der Waals surface area contributed by atoms with Gasteiger partial charge in [0.15, 0.2) is 0 Å². The molecule has 0 unspecified atom stereocenters. The normalized spacial score (nSPS) is 11.1. The standard InChI is InChI=1S/C13H24N4O/c1-6-14-12-11(10(2)3)13(16-9-15-12)18-8-7-17(4)5/h9-10H,6-8H2,1-5H3,(H,14,15,16). The molecule has 5 nitrogen and oxygen atoms in total. The minimum Gasteiger partial charge on any atom is -0.476 e. The number of rotatable bonds is 7. The number of nitrogens with zero attached hydrogens (tertiary/aromatic N) is 3. The molecule has 1 N–H and O–H groups in total. The number of hydrogen-bond acceptors (Lipinski definition) is 5. The van der Waals surface area contributed by atoms with Crippen molar-refractivity contribution >= 4 is 5.82 Å². The van der Waals surface area contributed by atoms with Gasteiger partial charge in [-0.05, 0) is 26.9 Å². The second-order valence-corrected chi connectivity index (χ2v) is 4.78. The molecule has 0 atom stereocenters. The number of ether oxygens (including phenoxy) is 1. The molecule has 5 heteroatoms. The molecule has 0 aromatic carbocycles. The molecule has 0 saturated heterocycles. The maximum absolute atomic E-state index is 5.76. The number of nitrogens with one attached hydrogen (secondary N) is 1. The number of hydrogen-bond donors (Lipinski definition) is 1. The lowest BCUT2D eigenvalue weighted by Gasteiger charge is -2.17. The summed E-state index contributed by atoms with van der Waals surface area (Å²) in [6.45, 7) is 8.65. The molecular formula is C13H24N4O. The van der Waals surface area contributed by atoms with Gasteiger partial charge in [0, 0.05) is 13.1 Å². The second-order valence-electron chi connectivity index (χ2n) is 4.78. The molecule has 18 heavy (non-hydrogen) atoms. The Hall–Kier alpha value is -1.36. The smallest absolute Gasteiger partial charge is 0.222 e. The van der Waals surface area contributed by atoms with Crippen LogP contribution in [0.3, 0.4) is 0 Å². The van der Waals surface area contributed by atoms with Crippen LogP contribution < -0.4 is 10.1 Å². The summed E-state index contributed by atoms with van der Waals surface area (Å²) < 4.78 is 5.76. The van der Waals surface area contributed by atoms with Crippen LogP contribution in [0.25, 0.3) is 0 Å². The van der Waals surface area contributed by atoms with E-state index in [1.807, 2.05) is 14.1 Å². The number of anilines is 1. The summed E-state index contributed by atoms with van der Waals surface area (Å²) in [5.41, 5.74) is 1.05. The van der Waals surface area contributed by atoms with Gasteiger partial charge in [0.1, 0.15) is 18.8 Å². The first-order valence-corrected chi connectivity index (χ1v) is 6.42. The lowest BCUT2D eigenvalue weighted by molar-refractivity contribution is 0.251. The predicted octanol–water partition coefficient (Wildman–Crippen LogP) is 1.97. The minimum absolute atomic E-state index is 0.328. The molecule has 0 aliphatic rings. The Morgan fingerprint density at radius 1 is 1.33 bits per heavy atom. The molecule has 1 heterocycles. The maximum atomic E-state index is 5.76. The van der Waals surface area contributed by atoms with Gasteiger partial charge in [0.2, 0.25) is 5.88 Å². The van der Waals surface area contributed by atoms with Crippen LogP contribution in [0.2, 0.25) is 0 Å². The topological polar surface area (TPSA) is 50.3 Å². The first-order chi connectivity index (χ1) is 8.56. The van der Waals surface area contributed by atoms with Crippen molar-refractivity contribution in [1.29, 1.82) is 0 Å². The highest BCUT2D eigenvalue weighted by Crippen LogP contribution is 2.29. The minimum atomic E-state index is 0.328. The van der Waals surface area contributed by atoms with E-state index in [-0.39, 0.29) is 0 Å². The third kappa shape index (κ3) is 4.14. The summed E-state index contributed by atoms with van der Waals surface area (Å²) in [4.78, 5) is 10.6. The van der Waals surface area contributed by atoms with E-state index < -0.39 is 0 Å². The molecule has 0 bridgehead atoms. The highest BCUT2D eigenvalue weighted by molar-refractivity contribution is 5.50. The molecule has 0 amide bonds. The number of likely N-dealkylation sites (N-methyl/N-ethyl adjacent to an activating group) is 1. The van der Waals surface area contributed by atoms with Crippen molar-refractivity contribution in [1.82, 2.24) is 14.9 Å². The molecule has 0 aliphatic carbocycles. The molecule has 0 saturated carbocycles. The Morgan fingerprint density at radius 3 is 2.61 bits per heavy atom. The van der Waals surface area contributed by atoms with Crippen LogP contribution >= 0.6 is 0 Å². The molecule has 1 aromatic rings. The van der Waals surface area contributed by atoms with Gasteiger partial charge in [-0.3, -0.25) is 0 Å². The monoisotopic (exact) mass is 252 g/mol. The van der Waals surface area contributed by atoms with Crippen molar-refractivity contribution in [3.8, 4) is 5.88 Å². The highest BCUT2D eigenvalue weighted by atomic mass is 16.5. The third-order valence-corrected chi connectivity index (χ3v) is 2.55. The van der Waals surface area contributed by atoms with Crippen molar-refractivity contribution < 1.29 is 4.74 Å². The molecular weight excluding hydrogens is 228 g/mol. The van der Waals surface area contributed by atoms with Crippen LogP contribution in [0.4, 0.5) is 5.82 Å². The van der Waals surface area contributed by atoms with E-state index in [1.54, 1.807) is 6.33 Å². The predicted molar refractivity (Wildman–Crippen MR) is 74.3 cm³/mol. The van der Waals surface area contributed by atoms with Crippen molar-refractivity contribution in [2.45, 2.75) is 26.7 Å². The lowest BCUT2D eigenvalue weighted by atomic mass is 10.1. The summed E-state index contributed by atoms with van der Waals surface area (Å²) in [6.07, 6.45) is 1.55. The van der Waals surface area contributed by atoms with Gasteiger partial charge in [0.25, 0.3) is 0 Å². The zero-order chi connectivity index (χ0) is 13.5. The van der Waals surface area contributed by atoms with Crippen LogP contribution in [-0.4, -0.2) is 48.7 Å². The fourth-order valence-electron chi connectivity index (χ4n) is 1.65. The molecule has 0 spiro atoms. The fourth-order valence-corrected chi connectivity index (χ4v) is 1.65. The van der Waals surface area contributed by atoms with E-state index in [1.165, 1.54) is 0 Å². The van der Waals surface area contributed by atoms with Gasteiger partial charge in [-0.25, -0.2) is 9.97 Å². The van der Waals surface area contributed by atoms with Crippen LogP contribution in [-0.2, 0) is 0 Å². The first kappa shape index (κ1) is 14.7. The van der Waals surface area contributed by atoms with Crippen LogP contribution in [0.1, 0.15) is 32.3 Å². The Morgan fingerprint density at radius 2 is 2.06 bits per heavy atom. The average molecular weight is 252 g/mol. The van der Waals surface area contributed by atoms with Crippen molar-refractivity contribution in [3.05, 3.63) is 11.9 Å². The Kier molecular flexibility index (Phi) is 5.85. The van der Waals surface area contributed by atoms with Gasteiger partial charge in [-0.1, -0.05) is 13.8 Å². The zero-order valence-corrected chi connectivity index (χ0v) is 12.0. The van der Waals surface area contributed by atoms with Gasteiger partial charge >= 0.3 is 0 Å². The Balaban J connectivity index is 2.85. The third-order valence-electron chi connectivity index (χ3n) is 2.55. The van der Waals surface area contributed by atoms with Gasteiger partial charge in [0.05, 0.1) is 5.56 Å². The molecule has 1 aromatic heterocycles. The van der Waals surface area contributed by atoms with Crippen molar-refractivity contribution in [2.24, 2.45) is 0 Å². The number of aromatic nitrogens is 2. The van der Waals surface area contributed by atoms with Crippen LogP contribution in [0.15, 0.2) is 6.33 Å². The van der Waals surface area contributed by atoms with E-state index in [0.29, 0.717) is 18.4 Å². The molecule has 1 rings (SSSR count). The van der Waals surface area contributed by atoms with E-state index in [0.717, 1.165) is 24.5 Å². The van der Waals surface area contributed by atoms with Crippen LogP contribution in [0, 0.1) is 0 Å². The van der Waals surface area contributed by atoms with Crippen LogP contribution in [0.5, 0.6) is 5.88 Å². The quantitative estimate of drug-likeness (QED) is 0.804. The Bertz CT molecular complexity index is 366. The average Bonchev–Trinajstić information content (AvgIpc) is 2.28. The van der Waals surface area contributed by atoms with Gasteiger partial charge < -0.3 is 15.0 Å². The summed E-state index contributed by atoms with van der Waals surface area (Å²) in [5, 5.41) is 3.26. The largest absolute Gasteiger partial charge is 0.476 e. The fraction of sp³-hybridized carbons (Fsp3) is 0.692. The first-order valence-electron chi connectivity index (χ1n) is 6.42. The summed E-state index contributed by atoms with van der Waals surface area (Å²) in [7, 11) is 4.05. The van der Waals surface area contributed by atoms with Gasteiger partial charge in [-0.2, -0.15) is 0 Å². The molecule has 0 radical (unpaired) electrons. The van der Waals surface area contributed by atoms with E-state index in [9.17, 15) is 0 Å².